The summed E-state index contributed by atoms with van der Waals surface area (Å²) < 4.78 is 39.6. The molecule has 25 heavy (non-hydrogen) atoms. The summed E-state index contributed by atoms with van der Waals surface area (Å²) in [6.07, 6.45) is -4.48. The predicted molar refractivity (Wildman–Crippen MR) is 81.9 cm³/mol. The molecule has 3 amide bonds. The van der Waals surface area contributed by atoms with Gasteiger partial charge in [0.2, 0.25) is 11.8 Å². The number of carbonyl (C=O) groups excluding carboxylic acids is 3. The average Bonchev–Trinajstić information content (AvgIpc) is 2.81. The third-order valence-corrected chi connectivity index (χ3v) is 4.51. The Labute approximate surface area is 139 Å². The topological polar surface area (TPSA) is 66.5 Å². The summed E-state index contributed by atoms with van der Waals surface area (Å²) in [6.45, 7) is 0. The number of anilines is 1. The normalized spacial score (nSPS) is 20.4. The van der Waals surface area contributed by atoms with E-state index in [1.165, 1.54) is 18.2 Å². The van der Waals surface area contributed by atoms with E-state index in [1.807, 2.05) is 0 Å². The number of rotatable bonds is 1. The van der Waals surface area contributed by atoms with Gasteiger partial charge in [-0.1, -0.05) is 12.1 Å². The second-order valence-corrected chi connectivity index (χ2v) is 6.04. The number of nitrogens with zero attached hydrogens (tertiary/aromatic N) is 1. The van der Waals surface area contributed by atoms with Crippen molar-refractivity contribution in [3.8, 4) is 0 Å². The van der Waals surface area contributed by atoms with Crippen LogP contribution in [0.25, 0.3) is 10.8 Å². The van der Waals surface area contributed by atoms with Crippen molar-refractivity contribution in [1.82, 2.24) is 5.32 Å². The van der Waals surface area contributed by atoms with Crippen molar-refractivity contribution in [3.05, 3.63) is 41.5 Å². The fraction of sp³-hybridized carbons (Fsp3) is 0.235. The largest absolute Gasteiger partial charge is 0.416 e. The Hall–Kier alpha value is -2.90. The van der Waals surface area contributed by atoms with E-state index in [-0.39, 0.29) is 29.5 Å². The molecule has 0 saturated carbocycles. The second-order valence-electron chi connectivity index (χ2n) is 6.04. The van der Waals surface area contributed by atoms with Gasteiger partial charge in [-0.15, -0.1) is 0 Å². The number of hydrogen-bond donors (Lipinski definition) is 1. The van der Waals surface area contributed by atoms with Crippen molar-refractivity contribution >= 4 is 34.2 Å². The third kappa shape index (κ3) is 2.28. The van der Waals surface area contributed by atoms with Gasteiger partial charge in [0.1, 0.15) is 6.04 Å². The summed E-state index contributed by atoms with van der Waals surface area (Å²) in [7, 11) is 0. The van der Waals surface area contributed by atoms with E-state index in [1.54, 1.807) is 0 Å². The highest BCUT2D eigenvalue weighted by Crippen LogP contribution is 2.43. The van der Waals surface area contributed by atoms with Crippen LogP contribution in [0.4, 0.5) is 18.9 Å². The molecule has 2 aromatic carbocycles. The van der Waals surface area contributed by atoms with Crippen LogP contribution in [-0.2, 0) is 15.8 Å². The van der Waals surface area contributed by atoms with E-state index in [4.69, 9.17) is 0 Å². The molecule has 1 N–H and O–H groups in total. The Morgan fingerprint density at radius 1 is 1.12 bits per heavy atom. The lowest BCUT2D eigenvalue weighted by molar-refractivity contribution is -0.137. The fourth-order valence-electron chi connectivity index (χ4n) is 3.41. The van der Waals surface area contributed by atoms with Crippen molar-refractivity contribution in [2.75, 3.05) is 4.90 Å². The fourth-order valence-corrected chi connectivity index (χ4v) is 3.41. The van der Waals surface area contributed by atoms with Crippen molar-refractivity contribution in [1.29, 1.82) is 0 Å². The lowest BCUT2D eigenvalue weighted by atomic mass is 10.0. The van der Waals surface area contributed by atoms with Crippen molar-refractivity contribution < 1.29 is 27.6 Å². The molecule has 1 fully saturated rings. The van der Waals surface area contributed by atoms with Gasteiger partial charge >= 0.3 is 6.18 Å². The molecule has 5 nitrogen and oxygen atoms in total. The van der Waals surface area contributed by atoms with Crippen molar-refractivity contribution in [3.63, 3.8) is 0 Å². The first-order chi connectivity index (χ1) is 11.8. The van der Waals surface area contributed by atoms with E-state index in [9.17, 15) is 27.6 Å². The summed E-state index contributed by atoms with van der Waals surface area (Å²) in [4.78, 5) is 37.3. The Morgan fingerprint density at radius 3 is 2.56 bits per heavy atom. The van der Waals surface area contributed by atoms with Gasteiger partial charge in [0.25, 0.3) is 5.91 Å². The van der Waals surface area contributed by atoms with Gasteiger partial charge in [-0.3, -0.25) is 24.6 Å². The Kier molecular flexibility index (Phi) is 3.15. The molecule has 2 aliphatic heterocycles. The monoisotopic (exact) mass is 348 g/mol. The van der Waals surface area contributed by atoms with Crippen LogP contribution >= 0.6 is 0 Å². The molecule has 1 unspecified atom stereocenters. The van der Waals surface area contributed by atoms with Crippen LogP contribution in [0.15, 0.2) is 30.3 Å². The SMILES string of the molecule is O=C1CCC(N2C(=O)c3cccc4cc(C(F)(F)F)cc2c34)C(=O)N1. The highest BCUT2D eigenvalue weighted by atomic mass is 19.4. The molecule has 0 spiro atoms. The van der Waals surface area contributed by atoms with Crippen LogP contribution in [-0.4, -0.2) is 23.8 Å². The molecule has 128 valence electrons. The lowest BCUT2D eigenvalue weighted by Gasteiger charge is -2.30. The van der Waals surface area contributed by atoms with E-state index in [0.717, 1.165) is 17.0 Å². The number of amides is 3. The molecular weight excluding hydrogens is 337 g/mol. The molecule has 4 rings (SSSR count). The minimum absolute atomic E-state index is 0.0264. The number of nitrogens with one attached hydrogen (secondary N) is 1. The Bertz CT molecular complexity index is 952. The van der Waals surface area contributed by atoms with Gasteiger partial charge in [-0.05, 0) is 30.0 Å². The molecule has 8 heteroatoms. The van der Waals surface area contributed by atoms with Gasteiger partial charge in [0.05, 0.1) is 11.3 Å². The molecule has 2 aromatic rings. The van der Waals surface area contributed by atoms with Crippen LogP contribution in [0.2, 0.25) is 0 Å². The zero-order valence-electron chi connectivity index (χ0n) is 12.7. The predicted octanol–water partition coefficient (Wildman–Crippen LogP) is 2.62. The number of halogens is 3. The number of alkyl halides is 3. The van der Waals surface area contributed by atoms with E-state index >= 15 is 0 Å². The van der Waals surface area contributed by atoms with Gasteiger partial charge in [-0.2, -0.15) is 13.2 Å². The number of piperidine rings is 1. The third-order valence-electron chi connectivity index (χ3n) is 4.51. The van der Waals surface area contributed by atoms with Gasteiger partial charge in [0.15, 0.2) is 0 Å². The zero-order chi connectivity index (χ0) is 17.9. The van der Waals surface area contributed by atoms with Crippen LogP contribution in [0.5, 0.6) is 0 Å². The first-order valence-electron chi connectivity index (χ1n) is 7.58. The molecule has 0 aliphatic carbocycles. The van der Waals surface area contributed by atoms with Gasteiger partial charge < -0.3 is 0 Å². The maximum atomic E-state index is 13.2. The summed E-state index contributed by atoms with van der Waals surface area (Å²) in [5.41, 5.74) is -0.579. The van der Waals surface area contributed by atoms with Crippen molar-refractivity contribution in [2.45, 2.75) is 25.1 Å². The second kappa shape index (κ2) is 5.05. The van der Waals surface area contributed by atoms with E-state index in [0.29, 0.717) is 5.39 Å². The molecule has 0 aromatic heterocycles. The molecule has 1 atom stereocenters. The van der Waals surface area contributed by atoms with Gasteiger partial charge in [-0.25, -0.2) is 0 Å². The number of benzene rings is 2. The van der Waals surface area contributed by atoms with Crippen LogP contribution in [0.1, 0.15) is 28.8 Å². The van der Waals surface area contributed by atoms with Crippen molar-refractivity contribution in [2.24, 2.45) is 0 Å². The molecule has 0 radical (unpaired) electrons. The van der Waals surface area contributed by atoms with Gasteiger partial charge in [0, 0.05) is 17.4 Å². The average molecular weight is 348 g/mol. The first-order valence-corrected chi connectivity index (χ1v) is 7.58. The maximum Gasteiger partial charge on any atom is 0.416 e. The molecule has 2 heterocycles. The van der Waals surface area contributed by atoms with Crippen LogP contribution in [0.3, 0.4) is 0 Å². The Morgan fingerprint density at radius 2 is 1.88 bits per heavy atom. The minimum atomic E-state index is -4.58. The highest BCUT2D eigenvalue weighted by Gasteiger charge is 2.42. The summed E-state index contributed by atoms with van der Waals surface area (Å²) in [5.74, 6) is -1.67. The molecule has 2 aliphatic rings. The zero-order valence-corrected chi connectivity index (χ0v) is 12.7. The van der Waals surface area contributed by atoms with E-state index < -0.39 is 35.5 Å². The summed E-state index contributed by atoms with van der Waals surface area (Å²) in [6, 6.07) is 5.40. The summed E-state index contributed by atoms with van der Waals surface area (Å²) >= 11 is 0. The Balaban J connectivity index is 1.91. The first kappa shape index (κ1) is 15.6. The quantitative estimate of drug-likeness (QED) is 0.806. The van der Waals surface area contributed by atoms with Crippen LogP contribution < -0.4 is 10.2 Å². The molecule has 0 bridgehead atoms. The highest BCUT2D eigenvalue weighted by molar-refractivity contribution is 6.27. The standard InChI is InChI=1S/C17H11F3N2O3/c18-17(19,20)9-6-8-2-1-3-10-14(8)12(7-9)22(16(10)25)11-4-5-13(23)21-15(11)24/h1-3,6-7,11H,4-5H2,(H,21,23,24). The van der Waals surface area contributed by atoms with Crippen LogP contribution in [0, 0.1) is 0 Å². The molecule has 1 saturated heterocycles. The van der Waals surface area contributed by atoms with E-state index in [2.05, 4.69) is 5.32 Å². The summed E-state index contributed by atoms with van der Waals surface area (Å²) in [5, 5.41) is 2.81. The smallest absolute Gasteiger partial charge is 0.295 e. The number of hydrogen-bond acceptors (Lipinski definition) is 3. The number of carbonyl (C=O) groups is 3. The lowest BCUT2D eigenvalue weighted by Crippen LogP contribution is -2.53. The number of imide groups is 1. The maximum absolute atomic E-state index is 13.2. The molecular formula is C17H11F3N2O3. The minimum Gasteiger partial charge on any atom is -0.295 e.